The molecule has 0 aliphatic heterocycles. The molecule has 0 heterocycles. The largest absolute Gasteiger partial charge is 0.516 e. The summed E-state index contributed by atoms with van der Waals surface area (Å²) < 4.78 is 58.5. The molecule has 1 aromatic rings. The lowest BCUT2D eigenvalue weighted by Crippen LogP contribution is -2.29. The van der Waals surface area contributed by atoms with Crippen molar-refractivity contribution in [2.45, 2.75) is 5.51 Å². The molecule has 0 saturated carbocycles. The Balaban J connectivity index is 2.93. The first kappa shape index (κ1) is 11.8. The Bertz CT molecular complexity index is 436. The van der Waals surface area contributed by atoms with Crippen LogP contribution in [0.15, 0.2) is 24.3 Å². The Morgan fingerprint density at radius 1 is 1.13 bits per heavy atom. The summed E-state index contributed by atoms with van der Waals surface area (Å²) >= 11 is 0. The van der Waals surface area contributed by atoms with Gasteiger partial charge in [0.25, 0.3) is 0 Å². The van der Waals surface area contributed by atoms with Gasteiger partial charge in [0.1, 0.15) is 0 Å². The van der Waals surface area contributed by atoms with Crippen molar-refractivity contribution in [2.24, 2.45) is 0 Å². The number of anilines is 1. The fraction of sp³-hybridized carbons (Fsp3) is 0.125. The number of halogens is 3. The molecule has 1 radical (unpaired) electrons. The predicted octanol–water partition coefficient (Wildman–Crippen LogP) is 2.13. The molecule has 0 spiro atoms. The normalized spacial score (nSPS) is 12.5. The number of hydrogen-bond acceptors (Lipinski definition) is 2. The first-order valence-electron chi connectivity index (χ1n) is 3.73. The quantitative estimate of drug-likeness (QED) is 0.857. The van der Waals surface area contributed by atoms with Crippen LogP contribution in [-0.4, -0.2) is 13.9 Å². The fourth-order valence-electron chi connectivity index (χ4n) is 0.786. The lowest BCUT2D eigenvalue weighted by molar-refractivity contribution is -0.0429. The van der Waals surface area contributed by atoms with Crippen molar-refractivity contribution in [1.82, 2.24) is 0 Å². The van der Waals surface area contributed by atoms with E-state index in [9.17, 15) is 21.6 Å². The Hall–Kier alpha value is -1.24. The van der Waals surface area contributed by atoms with Gasteiger partial charge in [-0.15, -0.1) is 0 Å². The Labute approximate surface area is 85.0 Å². The van der Waals surface area contributed by atoms with Crippen LogP contribution in [-0.2, 0) is 10.0 Å². The standard InChI is InChI=1S/C8H7F3NO2S/c1-6-2-4-7(5-3-6)12-15(13,14)8(9,10)11/h2-5,12H,1H2. The monoisotopic (exact) mass is 238 g/mol. The van der Waals surface area contributed by atoms with E-state index in [1.165, 1.54) is 29.0 Å². The van der Waals surface area contributed by atoms with Gasteiger partial charge in [-0.3, -0.25) is 4.72 Å². The van der Waals surface area contributed by atoms with Gasteiger partial charge in [-0.05, 0) is 24.6 Å². The number of nitrogens with one attached hydrogen (secondary N) is 1. The van der Waals surface area contributed by atoms with E-state index >= 15 is 0 Å². The van der Waals surface area contributed by atoms with Crippen LogP contribution < -0.4 is 4.72 Å². The summed E-state index contributed by atoms with van der Waals surface area (Å²) in [5.74, 6) is 0. The molecule has 15 heavy (non-hydrogen) atoms. The zero-order valence-corrected chi connectivity index (χ0v) is 8.19. The molecule has 0 saturated heterocycles. The molecule has 0 aliphatic rings. The third kappa shape index (κ3) is 2.85. The van der Waals surface area contributed by atoms with Crippen molar-refractivity contribution in [3.8, 4) is 0 Å². The molecule has 0 aliphatic carbocycles. The van der Waals surface area contributed by atoms with E-state index in [1.807, 2.05) is 0 Å². The van der Waals surface area contributed by atoms with Crippen LogP contribution in [0.4, 0.5) is 18.9 Å². The molecule has 0 aromatic heterocycles. The maximum absolute atomic E-state index is 11.9. The highest BCUT2D eigenvalue weighted by molar-refractivity contribution is 7.93. The van der Waals surface area contributed by atoms with Crippen LogP contribution in [0.5, 0.6) is 0 Å². The minimum Gasteiger partial charge on any atom is -0.276 e. The van der Waals surface area contributed by atoms with Crippen LogP contribution in [0.2, 0.25) is 0 Å². The molecule has 0 bridgehead atoms. The molecule has 0 amide bonds. The van der Waals surface area contributed by atoms with Gasteiger partial charge in [-0.2, -0.15) is 21.6 Å². The van der Waals surface area contributed by atoms with E-state index in [1.54, 1.807) is 0 Å². The van der Waals surface area contributed by atoms with Gasteiger partial charge in [0.2, 0.25) is 0 Å². The molecule has 3 nitrogen and oxygen atoms in total. The Kier molecular flexibility index (Phi) is 2.94. The van der Waals surface area contributed by atoms with E-state index in [2.05, 4.69) is 6.92 Å². The molecule has 0 fully saturated rings. The first-order valence-corrected chi connectivity index (χ1v) is 5.22. The van der Waals surface area contributed by atoms with Gasteiger partial charge in [0.05, 0.1) is 0 Å². The van der Waals surface area contributed by atoms with E-state index in [4.69, 9.17) is 0 Å². The minimum atomic E-state index is -5.33. The first-order chi connectivity index (χ1) is 6.72. The fourth-order valence-corrected chi connectivity index (χ4v) is 1.35. The highest BCUT2D eigenvalue weighted by Gasteiger charge is 2.45. The maximum Gasteiger partial charge on any atom is 0.516 e. The molecule has 7 heteroatoms. The van der Waals surface area contributed by atoms with Crippen LogP contribution in [0, 0.1) is 6.92 Å². The van der Waals surface area contributed by atoms with E-state index in [0.29, 0.717) is 5.56 Å². The van der Waals surface area contributed by atoms with Crippen LogP contribution in [0.1, 0.15) is 5.56 Å². The van der Waals surface area contributed by atoms with Gasteiger partial charge in [0, 0.05) is 5.69 Å². The zero-order chi connectivity index (χ0) is 11.7. The van der Waals surface area contributed by atoms with Crippen molar-refractivity contribution >= 4 is 15.7 Å². The number of alkyl halides is 3. The number of hydrogen-bond donors (Lipinski definition) is 1. The van der Waals surface area contributed by atoms with Crippen molar-refractivity contribution in [2.75, 3.05) is 4.72 Å². The SMILES string of the molecule is [CH2]c1ccc(NS(=O)(=O)C(F)(F)F)cc1. The maximum atomic E-state index is 11.9. The highest BCUT2D eigenvalue weighted by atomic mass is 32.2. The van der Waals surface area contributed by atoms with E-state index < -0.39 is 15.5 Å². The second kappa shape index (κ2) is 3.73. The molecule has 1 N–H and O–H groups in total. The smallest absolute Gasteiger partial charge is 0.276 e. The van der Waals surface area contributed by atoms with Crippen molar-refractivity contribution in [3.05, 3.63) is 36.8 Å². The zero-order valence-electron chi connectivity index (χ0n) is 7.38. The van der Waals surface area contributed by atoms with Crippen LogP contribution in [0.3, 0.4) is 0 Å². The Morgan fingerprint density at radius 3 is 2.00 bits per heavy atom. The number of benzene rings is 1. The van der Waals surface area contributed by atoms with Crippen LogP contribution >= 0.6 is 0 Å². The van der Waals surface area contributed by atoms with Crippen LogP contribution in [0.25, 0.3) is 0 Å². The predicted molar refractivity (Wildman–Crippen MR) is 49.5 cm³/mol. The van der Waals surface area contributed by atoms with Gasteiger partial charge in [-0.1, -0.05) is 12.1 Å². The molecule has 0 unspecified atom stereocenters. The summed E-state index contributed by atoms with van der Waals surface area (Å²) in [7, 11) is -5.33. The average molecular weight is 238 g/mol. The van der Waals surface area contributed by atoms with Crippen molar-refractivity contribution in [3.63, 3.8) is 0 Å². The van der Waals surface area contributed by atoms with Crippen molar-refractivity contribution < 1.29 is 21.6 Å². The molecular formula is C8H7F3NO2S. The summed E-state index contributed by atoms with van der Waals surface area (Å²) in [6, 6.07) is 5.19. The molecule has 83 valence electrons. The second-order valence-electron chi connectivity index (χ2n) is 2.75. The molecule has 0 atom stereocenters. The summed E-state index contributed by atoms with van der Waals surface area (Å²) in [6.07, 6.45) is 0. The third-order valence-corrected chi connectivity index (χ3v) is 2.62. The number of rotatable bonds is 2. The lowest BCUT2D eigenvalue weighted by Gasteiger charge is -2.10. The van der Waals surface area contributed by atoms with E-state index in [-0.39, 0.29) is 5.69 Å². The Morgan fingerprint density at radius 2 is 1.60 bits per heavy atom. The summed E-state index contributed by atoms with van der Waals surface area (Å²) in [5.41, 5.74) is -4.89. The topological polar surface area (TPSA) is 46.2 Å². The van der Waals surface area contributed by atoms with Gasteiger partial charge < -0.3 is 0 Å². The van der Waals surface area contributed by atoms with Crippen molar-refractivity contribution in [1.29, 1.82) is 0 Å². The summed E-state index contributed by atoms with van der Waals surface area (Å²) in [4.78, 5) is 0. The van der Waals surface area contributed by atoms with Gasteiger partial charge in [-0.25, -0.2) is 0 Å². The highest BCUT2D eigenvalue weighted by Crippen LogP contribution is 2.25. The van der Waals surface area contributed by atoms with E-state index in [0.717, 1.165) is 0 Å². The van der Waals surface area contributed by atoms with Gasteiger partial charge >= 0.3 is 15.5 Å². The summed E-state index contributed by atoms with van der Waals surface area (Å²) in [6.45, 7) is 3.51. The second-order valence-corrected chi connectivity index (χ2v) is 4.42. The summed E-state index contributed by atoms with van der Waals surface area (Å²) in [5, 5.41) is 0. The number of sulfonamides is 1. The minimum absolute atomic E-state index is 0.153. The molecular weight excluding hydrogens is 231 g/mol. The average Bonchev–Trinajstić information content (AvgIpc) is 2.06. The van der Waals surface area contributed by atoms with Gasteiger partial charge in [0.15, 0.2) is 0 Å². The lowest BCUT2D eigenvalue weighted by atomic mass is 10.2. The molecule has 1 rings (SSSR count). The molecule has 1 aromatic carbocycles. The third-order valence-electron chi connectivity index (χ3n) is 1.51.